The van der Waals surface area contributed by atoms with Gasteiger partial charge in [0.1, 0.15) is 25.6 Å². The van der Waals surface area contributed by atoms with Gasteiger partial charge >= 0.3 is 0 Å². The minimum absolute atomic E-state index is 0.0550. The van der Waals surface area contributed by atoms with Crippen LogP contribution in [0.25, 0.3) is 0 Å². The summed E-state index contributed by atoms with van der Waals surface area (Å²) in [7, 11) is -8.24. The molecule has 0 aliphatic carbocycles. The molecule has 212 valence electrons. The number of hydrogen-bond donors (Lipinski definition) is 2. The standard InChI is InChI=1S/C27H23FN4O7S2/c28-19-3-7-22(8-4-19)32(41(36,37)24-11-12-25-26(16-24)39-15-14-38-25)18-27(33)30-20-5-9-23(10-6-20)40(34,35)31-21-2-1-13-29-17-21/h1-13,16-17,31H,14-15,18H2,(H,30,33). The van der Waals surface area contributed by atoms with Crippen molar-refractivity contribution in [3.05, 3.63) is 97.1 Å². The zero-order chi connectivity index (χ0) is 29.0. The number of halogens is 1. The fourth-order valence-electron chi connectivity index (χ4n) is 3.92. The zero-order valence-corrected chi connectivity index (χ0v) is 22.9. The van der Waals surface area contributed by atoms with E-state index in [9.17, 15) is 26.0 Å². The average molecular weight is 599 g/mol. The van der Waals surface area contributed by atoms with E-state index in [0.717, 1.165) is 16.4 Å². The van der Waals surface area contributed by atoms with Crippen LogP contribution in [0.5, 0.6) is 11.5 Å². The predicted molar refractivity (Wildman–Crippen MR) is 148 cm³/mol. The molecule has 0 radical (unpaired) electrons. The molecule has 5 rings (SSSR count). The van der Waals surface area contributed by atoms with E-state index < -0.39 is 38.3 Å². The maximum Gasteiger partial charge on any atom is 0.264 e. The van der Waals surface area contributed by atoms with E-state index in [2.05, 4.69) is 15.0 Å². The van der Waals surface area contributed by atoms with Crippen molar-refractivity contribution in [3.63, 3.8) is 0 Å². The van der Waals surface area contributed by atoms with E-state index in [1.807, 2.05) is 0 Å². The zero-order valence-electron chi connectivity index (χ0n) is 21.2. The van der Waals surface area contributed by atoms with Crippen molar-refractivity contribution in [2.45, 2.75) is 9.79 Å². The van der Waals surface area contributed by atoms with Gasteiger partial charge in [0.15, 0.2) is 11.5 Å². The van der Waals surface area contributed by atoms with Crippen LogP contribution in [0.1, 0.15) is 0 Å². The number of amides is 1. The van der Waals surface area contributed by atoms with Crippen LogP contribution in [0.15, 0.2) is 101 Å². The number of nitrogens with zero attached hydrogens (tertiary/aromatic N) is 2. The van der Waals surface area contributed by atoms with E-state index >= 15 is 0 Å². The predicted octanol–water partition coefficient (Wildman–Crippen LogP) is 3.63. The number of rotatable bonds is 9. The molecule has 4 aromatic rings. The third-order valence-electron chi connectivity index (χ3n) is 5.87. The molecule has 1 aromatic heterocycles. The van der Waals surface area contributed by atoms with Crippen molar-refractivity contribution < 1.29 is 35.5 Å². The average Bonchev–Trinajstić information content (AvgIpc) is 2.97. The highest BCUT2D eigenvalue weighted by atomic mass is 32.2. The number of anilines is 3. The number of benzene rings is 3. The van der Waals surface area contributed by atoms with Crippen molar-refractivity contribution >= 4 is 43.0 Å². The van der Waals surface area contributed by atoms with Gasteiger partial charge in [0, 0.05) is 18.0 Å². The van der Waals surface area contributed by atoms with Crippen molar-refractivity contribution in [2.24, 2.45) is 0 Å². The number of carbonyl (C=O) groups excluding carboxylic acids is 1. The molecule has 1 aliphatic heterocycles. The maximum absolute atomic E-state index is 13.7. The Morgan fingerprint density at radius 2 is 1.54 bits per heavy atom. The molecule has 3 aromatic carbocycles. The van der Waals surface area contributed by atoms with E-state index in [0.29, 0.717) is 12.4 Å². The van der Waals surface area contributed by atoms with Gasteiger partial charge in [-0.05, 0) is 72.8 Å². The first-order valence-corrected chi connectivity index (χ1v) is 15.0. The lowest BCUT2D eigenvalue weighted by Gasteiger charge is -2.25. The highest BCUT2D eigenvalue weighted by Crippen LogP contribution is 2.34. The smallest absolute Gasteiger partial charge is 0.264 e. The number of fused-ring (bicyclic) bond motifs is 1. The second-order valence-corrected chi connectivity index (χ2v) is 12.3. The quantitative estimate of drug-likeness (QED) is 0.297. The number of ether oxygens (including phenoxy) is 2. The molecule has 1 amide bonds. The van der Waals surface area contributed by atoms with Crippen molar-refractivity contribution in [1.29, 1.82) is 0 Å². The lowest BCUT2D eigenvalue weighted by atomic mass is 10.3. The minimum Gasteiger partial charge on any atom is -0.486 e. The Labute approximate surface area is 235 Å². The molecule has 0 spiro atoms. The largest absolute Gasteiger partial charge is 0.486 e. The van der Waals surface area contributed by atoms with Gasteiger partial charge in [-0.1, -0.05) is 0 Å². The van der Waals surface area contributed by atoms with Gasteiger partial charge in [-0.2, -0.15) is 0 Å². The maximum atomic E-state index is 13.7. The number of pyridine rings is 1. The van der Waals surface area contributed by atoms with E-state index in [1.165, 1.54) is 67.0 Å². The van der Waals surface area contributed by atoms with Crippen LogP contribution < -0.4 is 23.8 Å². The Bertz CT molecular complexity index is 1770. The first-order chi connectivity index (χ1) is 19.6. The van der Waals surface area contributed by atoms with Crippen LogP contribution in [-0.2, 0) is 24.8 Å². The Kier molecular flexibility index (Phi) is 7.77. The number of aromatic nitrogens is 1. The van der Waals surface area contributed by atoms with Crippen LogP contribution >= 0.6 is 0 Å². The van der Waals surface area contributed by atoms with E-state index in [-0.39, 0.29) is 39.2 Å². The monoisotopic (exact) mass is 598 g/mol. The Hall–Kier alpha value is -4.69. The molecule has 0 atom stereocenters. The molecule has 2 N–H and O–H groups in total. The molecular weight excluding hydrogens is 575 g/mol. The molecule has 0 unspecified atom stereocenters. The molecule has 14 heteroatoms. The summed E-state index contributed by atoms with van der Waals surface area (Å²) in [5.74, 6) is -0.668. The molecule has 0 saturated carbocycles. The number of hydrogen-bond acceptors (Lipinski definition) is 8. The van der Waals surface area contributed by atoms with Crippen LogP contribution in [0.2, 0.25) is 0 Å². The summed E-state index contributed by atoms with van der Waals surface area (Å²) in [5, 5.41) is 2.57. The molecule has 2 heterocycles. The van der Waals surface area contributed by atoms with Gasteiger partial charge in [-0.15, -0.1) is 0 Å². The third kappa shape index (κ3) is 6.39. The van der Waals surface area contributed by atoms with Gasteiger partial charge < -0.3 is 14.8 Å². The van der Waals surface area contributed by atoms with Crippen molar-refractivity contribution in [1.82, 2.24) is 4.98 Å². The van der Waals surface area contributed by atoms with E-state index in [1.54, 1.807) is 12.1 Å². The van der Waals surface area contributed by atoms with Crippen LogP contribution in [0, 0.1) is 5.82 Å². The molecule has 1 aliphatic rings. The van der Waals surface area contributed by atoms with Crippen molar-refractivity contribution in [3.8, 4) is 11.5 Å². The Balaban J connectivity index is 1.35. The number of nitrogens with one attached hydrogen (secondary N) is 2. The lowest BCUT2D eigenvalue weighted by Crippen LogP contribution is -2.38. The second kappa shape index (κ2) is 11.4. The fourth-order valence-corrected chi connectivity index (χ4v) is 6.40. The summed E-state index contributed by atoms with van der Waals surface area (Å²) in [5.41, 5.74) is 0.565. The Morgan fingerprint density at radius 1 is 0.854 bits per heavy atom. The SMILES string of the molecule is O=C(CN(c1ccc(F)cc1)S(=O)(=O)c1ccc2c(c1)OCCO2)Nc1ccc(S(=O)(=O)Nc2cccnc2)cc1. The summed E-state index contributed by atoms with van der Waals surface area (Å²) in [6.07, 6.45) is 2.87. The summed E-state index contributed by atoms with van der Waals surface area (Å²) < 4.78 is 80.5. The highest BCUT2D eigenvalue weighted by molar-refractivity contribution is 7.93. The molecular formula is C27H23FN4O7S2. The Morgan fingerprint density at radius 3 is 2.22 bits per heavy atom. The van der Waals surface area contributed by atoms with E-state index in [4.69, 9.17) is 9.47 Å². The van der Waals surface area contributed by atoms with Crippen LogP contribution in [0.4, 0.5) is 21.5 Å². The fraction of sp³-hybridized carbons (Fsp3) is 0.111. The molecule has 0 fully saturated rings. The second-order valence-electron chi connectivity index (χ2n) is 8.71. The molecule has 11 nitrogen and oxygen atoms in total. The first kappa shape index (κ1) is 27.9. The third-order valence-corrected chi connectivity index (χ3v) is 9.03. The van der Waals surface area contributed by atoms with Gasteiger partial charge in [0.25, 0.3) is 20.0 Å². The number of sulfonamides is 2. The number of carbonyl (C=O) groups is 1. The summed E-state index contributed by atoms with van der Waals surface area (Å²) >= 11 is 0. The van der Waals surface area contributed by atoms with Gasteiger partial charge in [0.2, 0.25) is 5.91 Å². The topological polar surface area (TPSA) is 144 Å². The van der Waals surface area contributed by atoms with Gasteiger partial charge in [-0.3, -0.25) is 18.8 Å². The van der Waals surface area contributed by atoms with Crippen LogP contribution in [0.3, 0.4) is 0 Å². The minimum atomic E-state index is -4.32. The van der Waals surface area contributed by atoms with Gasteiger partial charge in [-0.25, -0.2) is 21.2 Å². The lowest BCUT2D eigenvalue weighted by molar-refractivity contribution is -0.114. The summed E-state index contributed by atoms with van der Waals surface area (Å²) in [4.78, 5) is 16.7. The first-order valence-electron chi connectivity index (χ1n) is 12.1. The molecule has 0 bridgehead atoms. The van der Waals surface area contributed by atoms with Crippen molar-refractivity contribution in [2.75, 3.05) is 34.1 Å². The summed E-state index contributed by atoms with van der Waals surface area (Å²) in [6, 6.07) is 17.2. The van der Waals surface area contributed by atoms with Gasteiger partial charge in [0.05, 0.1) is 27.4 Å². The van der Waals surface area contributed by atoms with Crippen LogP contribution in [-0.4, -0.2) is 47.5 Å². The highest BCUT2D eigenvalue weighted by Gasteiger charge is 2.29. The summed E-state index contributed by atoms with van der Waals surface area (Å²) in [6.45, 7) is -0.0832. The normalized spacial score (nSPS) is 12.8. The molecule has 41 heavy (non-hydrogen) atoms. The molecule has 0 saturated heterocycles.